The van der Waals surface area contributed by atoms with E-state index < -0.39 is 0 Å². The minimum atomic E-state index is -0.291. The van der Waals surface area contributed by atoms with E-state index in [1.807, 2.05) is 32.0 Å². The summed E-state index contributed by atoms with van der Waals surface area (Å²) in [7, 11) is 2.08. The molecular formula is C17H23N3O2. The Labute approximate surface area is 131 Å². The first-order valence-corrected chi connectivity index (χ1v) is 7.84. The van der Waals surface area contributed by atoms with E-state index in [1.54, 1.807) is 0 Å². The van der Waals surface area contributed by atoms with Crippen molar-refractivity contribution in [3.05, 3.63) is 29.3 Å². The van der Waals surface area contributed by atoms with Crippen LogP contribution in [-0.4, -0.2) is 60.9 Å². The molecule has 2 amide bonds. The Hall–Kier alpha value is -1.72. The number of anilines is 1. The maximum Gasteiger partial charge on any atom is 0.251 e. The largest absolute Gasteiger partial charge is 0.304 e. The van der Waals surface area contributed by atoms with E-state index in [9.17, 15) is 9.59 Å². The smallest absolute Gasteiger partial charge is 0.251 e. The van der Waals surface area contributed by atoms with Gasteiger partial charge in [-0.25, -0.2) is 4.90 Å². The number of piperazine rings is 1. The van der Waals surface area contributed by atoms with Crippen molar-refractivity contribution < 1.29 is 9.59 Å². The summed E-state index contributed by atoms with van der Waals surface area (Å²) in [4.78, 5) is 31.0. The maximum absolute atomic E-state index is 12.8. The van der Waals surface area contributed by atoms with E-state index in [0.717, 1.165) is 43.0 Å². The highest BCUT2D eigenvalue weighted by molar-refractivity contribution is 6.22. The lowest BCUT2D eigenvalue weighted by molar-refractivity contribution is -0.123. The zero-order valence-electron chi connectivity index (χ0n) is 13.5. The van der Waals surface area contributed by atoms with Crippen LogP contribution in [0.4, 0.5) is 5.69 Å². The van der Waals surface area contributed by atoms with E-state index >= 15 is 0 Å². The van der Waals surface area contributed by atoms with Crippen molar-refractivity contribution in [1.82, 2.24) is 9.80 Å². The fourth-order valence-corrected chi connectivity index (χ4v) is 3.25. The van der Waals surface area contributed by atoms with Crippen molar-refractivity contribution in [3.8, 4) is 0 Å². The van der Waals surface area contributed by atoms with E-state index in [0.29, 0.717) is 6.42 Å². The van der Waals surface area contributed by atoms with Gasteiger partial charge in [-0.3, -0.25) is 14.5 Å². The van der Waals surface area contributed by atoms with E-state index in [1.165, 1.54) is 4.90 Å². The second kappa shape index (κ2) is 5.82. The van der Waals surface area contributed by atoms with Crippen LogP contribution in [0.3, 0.4) is 0 Å². The van der Waals surface area contributed by atoms with Crippen LogP contribution in [0, 0.1) is 13.8 Å². The van der Waals surface area contributed by atoms with Crippen molar-refractivity contribution in [2.45, 2.75) is 26.3 Å². The van der Waals surface area contributed by atoms with Crippen molar-refractivity contribution in [1.29, 1.82) is 0 Å². The second-order valence-corrected chi connectivity index (χ2v) is 6.42. The highest BCUT2D eigenvalue weighted by atomic mass is 16.2. The van der Waals surface area contributed by atoms with Gasteiger partial charge in [-0.2, -0.15) is 0 Å². The number of aryl methyl sites for hydroxylation is 2. The summed E-state index contributed by atoms with van der Waals surface area (Å²) in [5, 5.41) is 0. The maximum atomic E-state index is 12.8. The SMILES string of the molecule is Cc1ccc(C)c(N2C(=O)CC(N3CCN(C)CC3)C2=O)c1. The normalized spacial score (nSPS) is 24.3. The molecule has 2 fully saturated rings. The molecule has 0 radical (unpaired) electrons. The Morgan fingerprint density at radius 2 is 1.73 bits per heavy atom. The van der Waals surface area contributed by atoms with Crippen molar-refractivity contribution in [2.75, 3.05) is 38.1 Å². The first-order valence-electron chi connectivity index (χ1n) is 7.84. The first-order chi connectivity index (χ1) is 10.5. The molecular weight excluding hydrogens is 278 g/mol. The number of carbonyl (C=O) groups excluding carboxylic acids is 2. The summed E-state index contributed by atoms with van der Waals surface area (Å²) < 4.78 is 0. The van der Waals surface area contributed by atoms with Crippen LogP contribution in [0.2, 0.25) is 0 Å². The second-order valence-electron chi connectivity index (χ2n) is 6.42. The quantitative estimate of drug-likeness (QED) is 0.770. The third-order valence-corrected chi connectivity index (χ3v) is 4.71. The molecule has 1 aromatic carbocycles. The molecule has 3 rings (SSSR count). The number of benzene rings is 1. The molecule has 0 spiro atoms. The Balaban J connectivity index is 1.84. The Bertz CT molecular complexity index is 606. The average molecular weight is 301 g/mol. The van der Waals surface area contributed by atoms with Gasteiger partial charge in [0.25, 0.3) is 5.91 Å². The van der Waals surface area contributed by atoms with Crippen LogP contribution < -0.4 is 4.90 Å². The molecule has 0 saturated carbocycles. The van der Waals surface area contributed by atoms with E-state index in [-0.39, 0.29) is 17.9 Å². The monoisotopic (exact) mass is 301 g/mol. The molecule has 2 aliphatic heterocycles. The van der Waals surface area contributed by atoms with Crippen molar-refractivity contribution in [2.24, 2.45) is 0 Å². The van der Waals surface area contributed by atoms with Gasteiger partial charge in [0.1, 0.15) is 0 Å². The first kappa shape index (κ1) is 15.2. The van der Waals surface area contributed by atoms with Crippen LogP contribution in [0.1, 0.15) is 17.5 Å². The molecule has 1 unspecified atom stereocenters. The molecule has 0 aromatic heterocycles. The van der Waals surface area contributed by atoms with Gasteiger partial charge in [-0.15, -0.1) is 0 Å². The minimum absolute atomic E-state index is 0.0664. The Morgan fingerprint density at radius 3 is 2.41 bits per heavy atom. The van der Waals surface area contributed by atoms with Gasteiger partial charge < -0.3 is 4.90 Å². The van der Waals surface area contributed by atoms with Crippen LogP contribution >= 0.6 is 0 Å². The van der Waals surface area contributed by atoms with Crippen LogP contribution in [0.15, 0.2) is 18.2 Å². The lowest BCUT2D eigenvalue weighted by Crippen LogP contribution is -2.51. The predicted molar refractivity (Wildman–Crippen MR) is 85.9 cm³/mol. The molecule has 22 heavy (non-hydrogen) atoms. The standard InChI is InChI=1S/C17H23N3O2/c1-12-4-5-13(2)14(10-12)20-16(21)11-15(17(20)22)19-8-6-18(3)7-9-19/h4-5,10,15H,6-9,11H2,1-3H3. The lowest BCUT2D eigenvalue weighted by Gasteiger charge is -2.35. The van der Waals surface area contributed by atoms with Gasteiger partial charge >= 0.3 is 0 Å². The van der Waals surface area contributed by atoms with Gasteiger partial charge in [0, 0.05) is 26.2 Å². The molecule has 1 aromatic rings. The number of rotatable bonds is 2. The third-order valence-electron chi connectivity index (χ3n) is 4.71. The minimum Gasteiger partial charge on any atom is -0.304 e. The summed E-state index contributed by atoms with van der Waals surface area (Å²) in [5.41, 5.74) is 2.77. The van der Waals surface area contributed by atoms with Crippen LogP contribution in [0.25, 0.3) is 0 Å². The molecule has 2 heterocycles. The van der Waals surface area contributed by atoms with Gasteiger partial charge in [0.15, 0.2) is 0 Å². The van der Waals surface area contributed by atoms with Gasteiger partial charge in [-0.05, 0) is 38.1 Å². The zero-order valence-corrected chi connectivity index (χ0v) is 13.5. The number of carbonyl (C=O) groups is 2. The molecule has 118 valence electrons. The third kappa shape index (κ3) is 2.66. The summed E-state index contributed by atoms with van der Waals surface area (Å²) in [6.45, 7) is 7.51. The summed E-state index contributed by atoms with van der Waals surface area (Å²) in [5.74, 6) is -0.147. The topological polar surface area (TPSA) is 43.9 Å². The molecule has 2 aliphatic rings. The summed E-state index contributed by atoms with van der Waals surface area (Å²) >= 11 is 0. The highest BCUT2D eigenvalue weighted by Crippen LogP contribution is 2.29. The van der Waals surface area contributed by atoms with Crippen LogP contribution in [-0.2, 0) is 9.59 Å². The fourth-order valence-electron chi connectivity index (χ4n) is 3.25. The highest BCUT2D eigenvalue weighted by Gasteiger charge is 2.43. The van der Waals surface area contributed by atoms with Crippen LogP contribution in [0.5, 0.6) is 0 Å². The number of likely N-dealkylation sites (N-methyl/N-ethyl adjacent to an activating group) is 1. The molecule has 1 atom stereocenters. The lowest BCUT2D eigenvalue weighted by atomic mass is 10.1. The molecule has 2 saturated heterocycles. The molecule has 0 aliphatic carbocycles. The predicted octanol–water partition coefficient (Wildman–Crippen LogP) is 1.18. The number of nitrogens with zero attached hydrogens (tertiary/aromatic N) is 3. The van der Waals surface area contributed by atoms with E-state index in [4.69, 9.17) is 0 Å². The molecule has 5 heteroatoms. The molecule has 5 nitrogen and oxygen atoms in total. The fraction of sp³-hybridized carbons (Fsp3) is 0.529. The van der Waals surface area contributed by atoms with Gasteiger partial charge in [-0.1, -0.05) is 12.1 Å². The van der Waals surface area contributed by atoms with Gasteiger partial charge in [0.2, 0.25) is 5.91 Å². The Morgan fingerprint density at radius 1 is 1.05 bits per heavy atom. The van der Waals surface area contributed by atoms with Crippen molar-refractivity contribution >= 4 is 17.5 Å². The molecule has 0 N–H and O–H groups in total. The van der Waals surface area contributed by atoms with E-state index in [2.05, 4.69) is 16.8 Å². The number of imide groups is 1. The number of hydrogen-bond donors (Lipinski definition) is 0. The zero-order chi connectivity index (χ0) is 15.9. The average Bonchev–Trinajstić information content (AvgIpc) is 2.78. The summed E-state index contributed by atoms with van der Waals surface area (Å²) in [6.07, 6.45) is 0.302. The summed E-state index contributed by atoms with van der Waals surface area (Å²) in [6, 6.07) is 5.61. The van der Waals surface area contributed by atoms with Gasteiger partial charge in [0.05, 0.1) is 18.2 Å². The number of amides is 2. The molecule has 0 bridgehead atoms. The number of hydrogen-bond acceptors (Lipinski definition) is 4. The van der Waals surface area contributed by atoms with Crippen molar-refractivity contribution in [3.63, 3.8) is 0 Å². The Kier molecular flexibility index (Phi) is 4.02.